The average Bonchev–Trinajstić information content (AvgIpc) is 3.25. The monoisotopic (exact) mass is 360 g/mol. The molecule has 2 aliphatic rings. The summed E-state index contributed by atoms with van der Waals surface area (Å²) in [7, 11) is 0. The topological polar surface area (TPSA) is 92.0 Å². The van der Waals surface area contributed by atoms with E-state index in [-0.39, 0.29) is 36.1 Å². The van der Waals surface area contributed by atoms with Crippen LogP contribution in [0.2, 0.25) is 0 Å². The van der Waals surface area contributed by atoms with Crippen molar-refractivity contribution in [3.05, 3.63) is 23.7 Å². The van der Waals surface area contributed by atoms with E-state index in [4.69, 9.17) is 9.15 Å². The van der Waals surface area contributed by atoms with E-state index in [1.165, 1.54) is 0 Å². The fourth-order valence-corrected chi connectivity index (χ4v) is 2.70. The number of aliphatic hydroxyl groups is 1. The van der Waals surface area contributed by atoms with E-state index in [0.29, 0.717) is 25.5 Å². The van der Waals surface area contributed by atoms with Crippen LogP contribution in [0.15, 0.2) is 16.5 Å². The predicted molar refractivity (Wildman–Crippen MR) is 93.3 cm³/mol. The van der Waals surface area contributed by atoms with Gasteiger partial charge in [-0.2, -0.15) is 0 Å². The smallest absolute Gasteiger partial charge is 0.290 e. The maximum Gasteiger partial charge on any atom is 0.290 e. The molecule has 3 rings (SSSR count). The van der Waals surface area contributed by atoms with Crippen LogP contribution in [-0.4, -0.2) is 59.3 Å². The molecule has 2 heterocycles. The molecular formula is C19H24N2O5. The third-order valence-electron chi connectivity index (χ3n) is 4.16. The number of nitrogens with one attached hydrogen (secondary N) is 1. The van der Waals surface area contributed by atoms with Crippen molar-refractivity contribution >= 4 is 11.8 Å². The third kappa shape index (κ3) is 5.10. The molecule has 140 valence electrons. The first-order chi connectivity index (χ1) is 12.3. The largest absolute Gasteiger partial charge is 0.443 e. The van der Waals surface area contributed by atoms with Crippen molar-refractivity contribution in [2.45, 2.75) is 50.8 Å². The van der Waals surface area contributed by atoms with Crippen LogP contribution in [0.4, 0.5) is 0 Å². The first-order valence-corrected chi connectivity index (χ1v) is 8.85. The van der Waals surface area contributed by atoms with Crippen molar-refractivity contribution in [1.82, 2.24) is 10.2 Å². The molecule has 0 spiro atoms. The molecule has 2 amide bonds. The molecule has 7 heteroatoms. The molecule has 2 N–H and O–H groups in total. The van der Waals surface area contributed by atoms with Gasteiger partial charge in [0.15, 0.2) is 11.5 Å². The summed E-state index contributed by atoms with van der Waals surface area (Å²) in [5, 5.41) is 12.6. The summed E-state index contributed by atoms with van der Waals surface area (Å²) in [6, 6.07) is 3.14. The molecule has 1 aromatic heterocycles. The van der Waals surface area contributed by atoms with Crippen LogP contribution >= 0.6 is 0 Å². The Labute approximate surface area is 152 Å². The van der Waals surface area contributed by atoms with Crippen LogP contribution in [0, 0.1) is 11.8 Å². The molecule has 0 bridgehead atoms. The number of hydrogen-bond acceptors (Lipinski definition) is 5. The van der Waals surface area contributed by atoms with Gasteiger partial charge in [0.1, 0.15) is 5.60 Å². The van der Waals surface area contributed by atoms with Crippen molar-refractivity contribution in [3.63, 3.8) is 0 Å². The van der Waals surface area contributed by atoms with Crippen LogP contribution in [0.25, 0.3) is 0 Å². The highest BCUT2D eigenvalue weighted by atomic mass is 16.5. The third-order valence-corrected chi connectivity index (χ3v) is 4.16. The maximum atomic E-state index is 12.8. The Kier molecular flexibility index (Phi) is 5.35. The Bertz CT molecular complexity index is 733. The number of hydrogen-bond donors (Lipinski definition) is 2. The van der Waals surface area contributed by atoms with E-state index in [0.717, 1.165) is 12.8 Å². The minimum Gasteiger partial charge on any atom is -0.443 e. The molecule has 1 saturated heterocycles. The van der Waals surface area contributed by atoms with Gasteiger partial charge in [-0.3, -0.25) is 9.59 Å². The van der Waals surface area contributed by atoms with E-state index in [2.05, 4.69) is 17.2 Å². The van der Waals surface area contributed by atoms with Gasteiger partial charge in [0.2, 0.25) is 5.91 Å². The van der Waals surface area contributed by atoms with Crippen LogP contribution in [0.5, 0.6) is 0 Å². The maximum absolute atomic E-state index is 12.8. The van der Waals surface area contributed by atoms with Gasteiger partial charge in [-0.25, -0.2) is 0 Å². The van der Waals surface area contributed by atoms with E-state index >= 15 is 0 Å². The molecule has 26 heavy (non-hydrogen) atoms. The number of morpholine rings is 1. The summed E-state index contributed by atoms with van der Waals surface area (Å²) in [5.41, 5.74) is -1.14. The molecule has 0 unspecified atom stereocenters. The van der Waals surface area contributed by atoms with Gasteiger partial charge < -0.3 is 24.5 Å². The van der Waals surface area contributed by atoms with Gasteiger partial charge in [0.25, 0.3) is 5.91 Å². The van der Waals surface area contributed by atoms with E-state index in [9.17, 15) is 14.7 Å². The first kappa shape index (κ1) is 18.5. The van der Waals surface area contributed by atoms with Crippen LogP contribution < -0.4 is 5.32 Å². The first-order valence-electron chi connectivity index (χ1n) is 8.85. The van der Waals surface area contributed by atoms with E-state index < -0.39 is 5.60 Å². The standard InChI is InChI=1S/C19H24N2O5/c1-19(2,24)8-7-15-5-6-16(26-15)18(23)21-9-10-25-12-14(21)11-17(22)20-13-3-4-13/h5-6,13-14,24H,3-4,9-12H2,1-2H3,(H,20,22)/t14-/m1/s1. The fraction of sp³-hybridized carbons (Fsp3) is 0.579. The van der Waals surface area contributed by atoms with Gasteiger partial charge >= 0.3 is 0 Å². The number of ether oxygens (including phenoxy) is 1. The SMILES string of the molecule is CC(C)(O)C#Cc1ccc(C(=O)N2CCOC[C@H]2CC(=O)NC2CC2)o1. The number of carbonyl (C=O) groups is 2. The number of nitrogens with zero attached hydrogens (tertiary/aromatic N) is 1. The summed E-state index contributed by atoms with van der Waals surface area (Å²) in [5.74, 6) is 5.49. The minimum absolute atomic E-state index is 0.0584. The minimum atomic E-state index is -1.14. The van der Waals surface area contributed by atoms with E-state index in [1.807, 2.05) is 0 Å². The summed E-state index contributed by atoms with van der Waals surface area (Å²) in [4.78, 5) is 26.5. The zero-order valence-electron chi connectivity index (χ0n) is 15.1. The highest BCUT2D eigenvalue weighted by Gasteiger charge is 2.32. The summed E-state index contributed by atoms with van der Waals surface area (Å²) in [6.45, 7) is 4.31. The fourth-order valence-electron chi connectivity index (χ4n) is 2.70. The summed E-state index contributed by atoms with van der Waals surface area (Å²) < 4.78 is 11.0. The Morgan fingerprint density at radius 2 is 2.15 bits per heavy atom. The lowest BCUT2D eigenvalue weighted by atomic mass is 10.1. The molecule has 1 atom stereocenters. The van der Waals surface area contributed by atoms with Gasteiger partial charge in [0.05, 0.1) is 19.3 Å². The second kappa shape index (κ2) is 7.52. The molecular weight excluding hydrogens is 336 g/mol. The Hall–Kier alpha value is -2.30. The van der Waals surface area contributed by atoms with Crippen LogP contribution in [0.3, 0.4) is 0 Å². The van der Waals surface area contributed by atoms with Crippen molar-refractivity contribution in [3.8, 4) is 11.8 Å². The van der Waals surface area contributed by atoms with Gasteiger partial charge in [-0.15, -0.1) is 0 Å². The van der Waals surface area contributed by atoms with Gasteiger partial charge in [-0.1, -0.05) is 5.92 Å². The van der Waals surface area contributed by atoms with Crippen LogP contribution in [-0.2, 0) is 9.53 Å². The molecule has 7 nitrogen and oxygen atoms in total. The molecule has 1 aromatic rings. The summed E-state index contributed by atoms with van der Waals surface area (Å²) in [6.07, 6.45) is 2.27. The number of amides is 2. The Morgan fingerprint density at radius 3 is 2.85 bits per heavy atom. The van der Waals surface area contributed by atoms with E-state index in [1.54, 1.807) is 30.9 Å². The van der Waals surface area contributed by atoms with Crippen molar-refractivity contribution in [1.29, 1.82) is 0 Å². The number of furan rings is 1. The number of carbonyl (C=O) groups excluding carboxylic acids is 2. The molecule has 2 fully saturated rings. The second-order valence-electron chi connectivity index (χ2n) is 7.25. The van der Waals surface area contributed by atoms with Gasteiger partial charge in [0, 0.05) is 19.0 Å². The average molecular weight is 360 g/mol. The van der Waals surface area contributed by atoms with Gasteiger partial charge in [-0.05, 0) is 44.7 Å². The lowest BCUT2D eigenvalue weighted by Crippen LogP contribution is -2.50. The molecule has 1 aliphatic heterocycles. The lowest BCUT2D eigenvalue weighted by molar-refractivity contribution is -0.123. The second-order valence-corrected chi connectivity index (χ2v) is 7.25. The van der Waals surface area contributed by atoms with Crippen molar-refractivity contribution in [2.24, 2.45) is 0 Å². The normalized spacial score (nSPS) is 20.3. The lowest BCUT2D eigenvalue weighted by Gasteiger charge is -2.34. The van der Waals surface area contributed by atoms with Crippen LogP contribution in [0.1, 0.15) is 49.4 Å². The molecule has 0 aromatic carbocycles. The Balaban J connectivity index is 1.66. The molecule has 0 radical (unpaired) electrons. The van der Waals surface area contributed by atoms with Crippen molar-refractivity contribution in [2.75, 3.05) is 19.8 Å². The number of rotatable bonds is 4. The highest BCUT2D eigenvalue weighted by molar-refractivity contribution is 5.92. The zero-order valence-corrected chi connectivity index (χ0v) is 15.1. The molecule has 1 aliphatic carbocycles. The predicted octanol–water partition coefficient (Wildman–Crippen LogP) is 0.912. The Morgan fingerprint density at radius 1 is 1.38 bits per heavy atom. The molecule has 1 saturated carbocycles. The summed E-state index contributed by atoms with van der Waals surface area (Å²) >= 11 is 0. The highest BCUT2D eigenvalue weighted by Crippen LogP contribution is 2.20. The zero-order chi connectivity index (χ0) is 18.7. The quantitative estimate of drug-likeness (QED) is 0.779. The van der Waals surface area contributed by atoms with Crippen molar-refractivity contribution < 1.29 is 23.8 Å².